The first kappa shape index (κ1) is 8.25. The molecule has 2 aromatic rings. The molecule has 2 N–H and O–H groups in total. The summed E-state index contributed by atoms with van der Waals surface area (Å²) in [6, 6.07) is 3.46. The molecule has 0 amide bonds. The molecule has 0 aliphatic carbocycles. The molecule has 2 heterocycles. The fraction of sp³-hybridized carbons (Fsp3) is 0. The van der Waals surface area contributed by atoms with Crippen LogP contribution < -0.4 is 5.73 Å². The topological polar surface area (TPSA) is 64.9 Å². The predicted molar refractivity (Wildman–Crippen MR) is 51.8 cm³/mol. The van der Waals surface area contributed by atoms with E-state index >= 15 is 0 Å². The molecule has 66 valence electrons. The number of anilines is 1. The molecule has 0 aliphatic rings. The van der Waals surface area contributed by atoms with Crippen molar-refractivity contribution in [2.45, 2.75) is 0 Å². The fourth-order valence-corrected chi connectivity index (χ4v) is 1.38. The molecule has 0 radical (unpaired) electrons. The van der Waals surface area contributed by atoms with E-state index in [2.05, 4.69) is 25.9 Å². The maximum absolute atomic E-state index is 5.51. The number of nitrogens with zero attached hydrogens (tertiary/aromatic N) is 2. The normalized spacial score (nSPS) is 10.2. The lowest BCUT2D eigenvalue weighted by Gasteiger charge is -1.96. The van der Waals surface area contributed by atoms with Crippen molar-refractivity contribution in [2.24, 2.45) is 0 Å². The molecular formula is C8H6BrN3O. The Morgan fingerprint density at radius 3 is 2.85 bits per heavy atom. The van der Waals surface area contributed by atoms with Crippen molar-refractivity contribution >= 4 is 21.7 Å². The van der Waals surface area contributed by atoms with Crippen LogP contribution in [-0.4, -0.2) is 9.97 Å². The van der Waals surface area contributed by atoms with Gasteiger partial charge in [-0.1, -0.05) is 0 Å². The van der Waals surface area contributed by atoms with Crippen LogP contribution >= 0.6 is 15.9 Å². The van der Waals surface area contributed by atoms with Crippen LogP contribution in [0.15, 0.2) is 33.6 Å². The molecule has 0 aliphatic heterocycles. The smallest absolute Gasteiger partial charge is 0.166 e. The lowest BCUT2D eigenvalue weighted by atomic mass is 10.3. The summed E-state index contributed by atoms with van der Waals surface area (Å²) in [6.07, 6.45) is 2.98. The van der Waals surface area contributed by atoms with Crippen molar-refractivity contribution < 1.29 is 4.42 Å². The Morgan fingerprint density at radius 1 is 1.38 bits per heavy atom. The van der Waals surface area contributed by atoms with Gasteiger partial charge in [-0.2, -0.15) is 0 Å². The highest BCUT2D eigenvalue weighted by atomic mass is 79.9. The standard InChI is InChI=1S/C8H6BrN3O/c9-5-1-2-13-8(5)6-3-7(10)12-4-11-6/h1-4H,(H2,10,11,12). The zero-order valence-electron chi connectivity index (χ0n) is 6.57. The van der Waals surface area contributed by atoms with Crippen LogP contribution in [0.1, 0.15) is 0 Å². The number of aromatic nitrogens is 2. The number of rotatable bonds is 1. The van der Waals surface area contributed by atoms with Crippen LogP contribution in [-0.2, 0) is 0 Å². The Balaban J connectivity index is 2.53. The number of hydrogen-bond acceptors (Lipinski definition) is 4. The molecule has 13 heavy (non-hydrogen) atoms. The zero-order valence-corrected chi connectivity index (χ0v) is 8.15. The molecule has 0 saturated carbocycles. The van der Waals surface area contributed by atoms with Gasteiger partial charge in [-0.3, -0.25) is 0 Å². The van der Waals surface area contributed by atoms with E-state index in [0.717, 1.165) is 4.47 Å². The fourth-order valence-electron chi connectivity index (χ4n) is 0.973. The first-order valence-electron chi connectivity index (χ1n) is 3.58. The van der Waals surface area contributed by atoms with Crippen molar-refractivity contribution in [3.8, 4) is 11.5 Å². The summed E-state index contributed by atoms with van der Waals surface area (Å²) in [5, 5.41) is 0. The molecule has 0 unspecified atom stereocenters. The second-order valence-electron chi connectivity index (χ2n) is 2.43. The van der Waals surface area contributed by atoms with Gasteiger partial charge >= 0.3 is 0 Å². The van der Waals surface area contributed by atoms with Crippen molar-refractivity contribution in [3.05, 3.63) is 29.2 Å². The molecule has 0 fully saturated rings. The first-order chi connectivity index (χ1) is 6.27. The van der Waals surface area contributed by atoms with E-state index < -0.39 is 0 Å². The maximum Gasteiger partial charge on any atom is 0.166 e. The van der Waals surface area contributed by atoms with E-state index in [4.69, 9.17) is 10.2 Å². The average Bonchev–Trinajstić information content (AvgIpc) is 2.51. The van der Waals surface area contributed by atoms with E-state index in [1.54, 1.807) is 18.4 Å². The zero-order chi connectivity index (χ0) is 9.26. The van der Waals surface area contributed by atoms with Gasteiger partial charge in [0.05, 0.1) is 10.7 Å². The molecule has 5 heteroatoms. The number of hydrogen-bond donors (Lipinski definition) is 1. The minimum atomic E-state index is 0.424. The van der Waals surface area contributed by atoms with Crippen LogP contribution in [0.3, 0.4) is 0 Å². The average molecular weight is 240 g/mol. The first-order valence-corrected chi connectivity index (χ1v) is 4.37. The third-order valence-electron chi connectivity index (χ3n) is 1.54. The van der Waals surface area contributed by atoms with Gasteiger partial charge < -0.3 is 10.2 Å². The van der Waals surface area contributed by atoms with Crippen molar-refractivity contribution in [1.82, 2.24) is 9.97 Å². The number of halogens is 1. The summed E-state index contributed by atoms with van der Waals surface area (Å²) < 4.78 is 6.07. The third-order valence-corrected chi connectivity index (χ3v) is 2.16. The lowest BCUT2D eigenvalue weighted by Crippen LogP contribution is -1.91. The van der Waals surface area contributed by atoms with E-state index in [9.17, 15) is 0 Å². The van der Waals surface area contributed by atoms with E-state index in [-0.39, 0.29) is 0 Å². The van der Waals surface area contributed by atoms with Gasteiger partial charge in [-0.05, 0) is 22.0 Å². The lowest BCUT2D eigenvalue weighted by molar-refractivity contribution is 0.578. The molecule has 4 nitrogen and oxygen atoms in total. The summed E-state index contributed by atoms with van der Waals surface area (Å²) >= 11 is 3.33. The van der Waals surface area contributed by atoms with Gasteiger partial charge in [-0.15, -0.1) is 0 Å². The SMILES string of the molecule is Nc1cc(-c2occc2Br)ncn1. The summed E-state index contributed by atoms with van der Waals surface area (Å²) in [5.41, 5.74) is 6.18. The number of nitrogen functional groups attached to an aromatic ring is 1. The summed E-state index contributed by atoms with van der Waals surface area (Å²) in [6.45, 7) is 0. The van der Waals surface area contributed by atoms with Crippen LogP contribution in [0.25, 0.3) is 11.5 Å². The minimum absolute atomic E-state index is 0.424. The van der Waals surface area contributed by atoms with Crippen LogP contribution in [0.4, 0.5) is 5.82 Å². The summed E-state index contributed by atoms with van der Waals surface area (Å²) in [4.78, 5) is 7.82. The summed E-state index contributed by atoms with van der Waals surface area (Å²) in [5.74, 6) is 1.09. The highest BCUT2D eigenvalue weighted by Crippen LogP contribution is 2.27. The molecule has 0 atom stereocenters. The molecule has 0 bridgehead atoms. The molecule has 0 saturated heterocycles. The Hall–Kier alpha value is -1.36. The molecular weight excluding hydrogens is 234 g/mol. The third kappa shape index (κ3) is 1.55. The Bertz CT molecular complexity index is 427. The summed E-state index contributed by atoms with van der Waals surface area (Å²) in [7, 11) is 0. The van der Waals surface area contributed by atoms with Crippen LogP contribution in [0.5, 0.6) is 0 Å². The van der Waals surface area contributed by atoms with Crippen molar-refractivity contribution in [3.63, 3.8) is 0 Å². The molecule has 2 rings (SSSR count). The largest absolute Gasteiger partial charge is 0.461 e. The Morgan fingerprint density at radius 2 is 2.23 bits per heavy atom. The van der Waals surface area contributed by atoms with Gasteiger partial charge in [0.15, 0.2) is 5.76 Å². The number of furan rings is 1. The molecule has 2 aromatic heterocycles. The second kappa shape index (κ2) is 3.18. The highest BCUT2D eigenvalue weighted by Gasteiger charge is 2.07. The highest BCUT2D eigenvalue weighted by molar-refractivity contribution is 9.10. The molecule has 0 aromatic carbocycles. The predicted octanol–water partition coefficient (Wildman–Crippen LogP) is 2.08. The van der Waals surface area contributed by atoms with Crippen LogP contribution in [0, 0.1) is 0 Å². The Kier molecular flexibility index (Phi) is 2.02. The number of nitrogens with two attached hydrogens (primary N) is 1. The monoisotopic (exact) mass is 239 g/mol. The quantitative estimate of drug-likeness (QED) is 0.828. The maximum atomic E-state index is 5.51. The van der Waals surface area contributed by atoms with Gasteiger partial charge in [0, 0.05) is 6.07 Å². The second-order valence-corrected chi connectivity index (χ2v) is 3.28. The van der Waals surface area contributed by atoms with Crippen molar-refractivity contribution in [2.75, 3.05) is 5.73 Å². The van der Waals surface area contributed by atoms with Gasteiger partial charge in [-0.25, -0.2) is 9.97 Å². The van der Waals surface area contributed by atoms with E-state index in [1.165, 1.54) is 6.33 Å². The van der Waals surface area contributed by atoms with Crippen LogP contribution in [0.2, 0.25) is 0 Å². The van der Waals surface area contributed by atoms with Crippen molar-refractivity contribution in [1.29, 1.82) is 0 Å². The van der Waals surface area contributed by atoms with E-state index in [1.807, 2.05) is 0 Å². The Labute approximate surface area is 82.9 Å². The van der Waals surface area contributed by atoms with Gasteiger partial charge in [0.25, 0.3) is 0 Å². The van der Waals surface area contributed by atoms with Gasteiger partial charge in [0.1, 0.15) is 17.8 Å². The van der Waals surface area contributed by atoms with Gasteiger partial charge in [0.2, 0.25) is 0 Å². The minimum Gasteiger partial charge on any atom is -0.461 e. The molecule has 0 spiro atoms. The van der Waals surface area contributed by atoms with E-state index in [0.29, 0.717) is 17.3 Å².